The number of pyridine rings is 1. The fraction of sp³-hybridized carbons (Fsp3) is 0.179. The van der Waals surface area contributed by atoms with Gasteiger partial charge in [0.2, 0.25) is 17.7 Å². The second kappa shape index (κ2) is 9.83. The van der Waals surface area contributed by atoms with Crippen LogP contribution in [0.15, 0.2) is 82.9 Å². The van der Waals surface area contributed by atoms with Crippen molar-refractivity contribution in [2.75, 3.05) is 10.2 Å². The Hall–Kier alpha value is -4.22. The number of aromatic nitrogens is 2. The van der Waals surface area contributed by atoms with Gasteiger partial charge in [0.15, 0.2) is 0 Å². The molecule has 2 N–H and O–H groups in total. The average Bonchev–Trinajstić information content (AvgIpc) is 3.37. The van der Waals surface area contributed by atoms with Crippen LogP contribution in [0.3, 0.4) is 0 Å². The van der Waals surface area contributed by atoms with Gasteiger partial charge in [-0.3, -0.25) is 28.7 Å². The molecule has 3 atom stereocenters. The largest absolute Gasteiger partial charge is 0.508 e. The lowest BCUT2D eigenvalue weighted by Crippen LogP contribution is -2.33. The molecule has 0 aliphatic carbocycles. The zero-order valence-corrected chi connectivity index (χ0v) is 22.2. The van der Waals surface area contributed by atoms with Crippen molar-refractivity contribution in [1.82, 2.24) is 9.55 Å². The molecule has 0 bridgehead atoms. The normalized spacial score (nSPS) is 20.0. The van der Waals surface area contributed by atoms with Gasteiger partial charge in [0, 0.05) is 28.9 Å². The molecule has 6 rings (SSSR count). The molecule has 0 saturated carbocycles. The molecule has 2 unspecified atom stereocenters. The van der Waals surface area contributed by atoms with Crippen molar-refractivity contribution in [2.24, 2.45) is 5.92 Å². The van der Waals surface area contributed by atoms with Crippen molar-refractivity contribution in [1.29, 1.82) is 0 Å². The number of hydrogen-bond donors (Lipinski definition) is 2. The van der Waals surface area contributed by atoms with Crippen LogP contribution in [-0.2, 0) is 20.9 Å². The van der Waals surface area contributed by atoms with Crippen LogP contribution in [0.5, 0.6) is 5.75 Å². The minimum Gasteiger partial charge on any atom is -0.508 e. The molecule has 196 valence electrons. The first-order valence-electron chi connectivity index (χ1n) is 12.2. The highest BCUT2D eigenvalue weighted by Crippen LogP contribution is 2.53. The van der Waals surface area contributed by atoms with Crippen LogP contribution < -0.4 is 15.1 Å². The van der Waals surface area contributed by atoms with Gasteiger partial charge in [0.1, 0.15) is 17.5 Å². The Morgan fingerprint density at radius 2 is 1.77 bits per heavy atom. The molecule has 2 aromatic carbocycles. The number of aryl methyl sites for hydroxylation is 1. The molecule has 11 heteroatoms. The molecule has 2 aliphatic heterocycles. The number of anilines is 2. The highest BCUT2D eigenvalue weighted by molar-refractivity contribution is 8.00. The van der Waals surface area contributed by atoms with Crippen molar-refractivity contribution < 1.29 is 19.5 Å². The Kier molecular flexibility index (Phi) is 6.32. The number of hydrogen-bond acceptors (Lipinski definition) is 8. The summed E-state index contributed by atoms with van der Waals surface area (Å²) in [7, 11) is 0. The lowest BCUT2D eigenvalue weighted by atomic mass is 9.84. The molecule has 2 aromatic heterocycles. The summed E-state index contributed by atoms with van der Waals surface area (Å²) in [4.78, 5) is 59.4. The fourth-order valence-electron chi connectivity index (χ4n) is 5.01. The Labute approximate surface area is 231 Å². The van der Waals surface area contributed by atoms with Crippen LogP contribution in [0.4, 0.5) is 11.4 Å². The summed E-state index contributed by atoms with van der Waals surface area (Å²) >= 11 is 2.15. The first kappa shape index (κ1) is 25.1. The number of thioether (sulfide) groups is 1. The van der Waals surface area contributed by atoms with Crippen molar-refractivity contribution >= 4 is 52.2 Å². The second-order valence-electron chi connectivity index (χ2n) is 9.39. The number of nitrogens with zero attached hydrogens (tertiary/aromatic N) is 3. The summed E-state index contributed by atoms with van der Waals surface area (Å²) in [5, 5.41) is 12.0. The monoisotopic (exact) mass is 558 g/mol. The van der Waals surface area contributed by atoms with E-state index in [0.717, 1.165) is 22.5 Å². The maximum atomic E-state index is 13.8. The molecule has 4 aromatic rings. The van der Waals surface area contributed by atoms with Crippen LogP contribution in [0.2, 0.25) is 0 Å². The van der Waals surface area contributed by atoms with E-state index in [0.29, 0.717) is 21.3 Å². The Morgan fingerprint density at radius 3 is 2.46 bits per heavy atom. The first-order valence-corrected chi connectivity index (χ1v) is 13.8. The molecule has 4 heterocycles. The SMILES string of the molecule is Cc1ccc(N2C(=O)C3Sc4c(sc(=O)n4CC(=O)Nc4ccc(O)cc4)[C@H](c4cccnc4)C3C2=O)cc1. The van der Waals surface area contributed by atoms with Gasteiger partial charge in [-0.1, -0.05) is 46.9 Å². The standard InChI is InChI=1S/C28H22N4O5S2/c1-15-4-8-18(9-5-15)32-25(35)22-21(16-3-2-12-29-13-16)24-27(38-23(22)26(32)36)31(28(37)39-24)14-20(34)30-17-6-10-19(33)11-7-17/h2-13,21-23,33H,14H2,1H3,(H,30,34)/t21-,22?,23?/m1/s1. The molecule has 0 radical (unpaired) electrons. The number of rotatable bonds is 5. The number of benzene rings is 2. The van der Waals surface area contributed by atoms with E-state index in [1.807, 2.05) is 25.1 Å². The number of phenols is 1. The fourth-order valence-corrected chi connectivity index (χ4v) is 7.78. The third-order valence-electron chi connectivity index (χ3n) is 6.84. The molecule has 3 amide bonds. The van der Waals surface area contributed by atoms with E-state index in [2.05, 4.69) is 10.3 Å². The van der Waals surface area contributed by atoms with E-state index < -0.39 is 23.0 Å². The van der Waals surface area contributed by atoms with Crippen LogP contribution in [0.1, 0.15) is 21.9 Å². The quantitative estimate of drug-likeness (QED) is 0.283. The van der Waals surface area contributed by atoms with Gasteiger partial charge in [-0.25, -0.2) is 4.90 Å². The summed E-state index contributed by atoms with van der Waals surface area (Å²) < 4.78 is 1.37. The molecule has 9 nitrogen and oxygen atoms in total. The van der Waals surface area contributed by atoms with Crippen LogP contribution in [-0.4, -0.2) is 37.6 Å². The summed E-state index contributed by atoms with van der Waals surface area (Å²) in [5.74, 6) is -2.32. The summed E-state index contributed by atoms with van der Waals surface area (Å²) in [6, 6.07) is 16.8. The number of carbonyl (C=O) groups excluding carboxylic acids is 3. The lowest BCUT2D eigenvalue weighted by Gasteiger charge is -2.30. The molecule has 2 aliphatic rings. The number of nitrogens with one attached hydrogen (secondary N) is 1. The van der Waals surface area contributed by atoms with Gasteiger partial charge in [-0.05, 0) is 55.0 Å². The van der Waals surface area contributed by atoms with E-state index in [9.17, 15) is 24.3 Å². The van der Waals surface area contributed by atoms with E-state index in [-0.39, 0.29) is 29.0 Å². The summed E-state index contributed by atoms with van der Waals surface area (Å²) in [5.41, 5.74) is 2.71. The Bertz CT molecular complexity index is 1650. The number of phenolic OH excluding ortho intramolecular Hbond substituents is 1. The third-order valence-corrected chi connectivity index (χ3v) is 9.44. The highest BCUT2D eigenvalue weighted by Gasteiger charge is 2.56. The number of fused-ring (bicyclic) bond motifs is 2. The molecular formula is C28H22N4O5S2. The lowest BCUT2D eigenvalue weighted by molar-refractivity contribution is -0.122. The van der Waals surface area contributed by atoms with Gasteiger partial charge < -0.3 is 10.4 Å². The predicted molar refractivity (Wildman–Crippen MR) is 148 cm³/mol. The predicted octanol–water partition coefficient (Wildman–Crippen LogP) is 3.75. The van der Waals surface area contributed by atoms with Crippen molar-refractivity contribution in [2.45, 2.75) is 29.7 Å². The first-order chi connectivity index (χ1) is 18.8. The van der Waals surface area contributed by atoms with E-state index >= 15 is 0 Å². The summed E-state index contributed by atoms with van der Waals surface area (Å²) in [6.45, 7) is 1.67. The zero-order valence-electron chi connectivity index (χ0n) is 20.6. The van der Waals surface area contributed by atoms with Gasteiger partial charge in [0.05, 0.1) is 16.6 Å². The number of carbonyl (C=O) groups is 3. The minimum atomic E-state index is -0.767. The van der Waals surface area contributed by atoms with Gasteiger partial charge in [0.25, 0.3) is 0 Å². The highest BCUT2D eigenvalue weighted by atomic mass is 32.2. The zero-order chi connectivity index (χ0) is 27.3. The van der Waals surface area contributed by atoms with Crippen LogP contribution >= 0.6 is 23.1 Å². The van der Waals surface area contributed by atoms with Crippen molar-refractivity contribution in [3.63, 3.8) is 0 Å². The number of thiazole rings is 1. The summed E-state index contributed by atoms with van der Waals surface area (Å²) in [6.07, 6.45) is 3.28. The Morgan fingerprint density at radius 1 is 1.03 bits per heavy atom. The maximum Gasteiger partial charge on any atom is 0.308 e. The minimum absolute atomic E-state index is 0.0685. The van der Waals surface area contributed by atoms with Gasteiger partial charge in [-0.2, -0.15) is 0 Å². The maximum absolute atomic E-state index is 13.8. The van der Waals surface area contributed by atoms with Gasteiger partial charge >= 0.3 is 4.87 Å². The van der Waals surface area contributed by atoms with Crippen LogP contribution in [0.25, 0.3) is 0 Å². The van der Waals surface area contributed by atoms with Crippen molar-refractivity contribution in [3.8, 4) is 5.75 Å². The number of imide groups is 1. The number of aromatic hydroxyl groups is 1. The van der Waals surface area contributed by atoms with Gasteiger partial charge in [-0.15, -0.1) is 0 Å². The molecule has 1 saturated heterocycles. The smallest absolute Gasteiger partial charge is 0.308 e. The second-order valence-corrected chi connectivity index (χ2v) is 11.5. The molecule has 0 spiro atoms. The average molecular weight is 559 g/mol. The third kappa shape index (κ3) is 4.43. The number of amides is 3. The molecular weight excluding hydrogens is 536 g/mol. The van der Waals surface area contributed by atoms with E-state index in [1.54, 1.807) is 42.7 Å². The van der Waals surface area contributed by atoms with E-state index in [4.69, 9.17) is 0 Å². The van der Waals surface area contributed by atoms with E-state index in [1.165, 1.54) is 33.4 Å². The Balaban J connectivity index is 1.39. The molecule has 1 fully saturated rings. The van der Waals surface area contributed by atoms with Crippen LogP contribution in [0, 0.1) is 12.8 Å². The van der Waals surface area contributed by atoms with Crippen molar-refractivity contribution in [3.05, 3.63) is 98.7 Å². The molecule has 39 heavy (non-hydrogen) atoms. The topological polar surface area (TPSA) is 122 Å².